The van der Waals surface area contributed by atoms with E-state index >= 15 is 0 Å². The van der Waals surface area contributed by atoms with Crippen molar-refractivity contribution in [3.63, 3.8) is 0 Å². The van der Waals surface area contributed by atoms with Gasteiger partial charge in [-0.1, -0.05) is 97.9 Å². The first-order chi connectivity index (χ1) is 19.9. The minimum atomic E-state index is -0.959. The minimum Gasteiger partial charge on any atom is -0.481 e. The van der Waals surface area contributed by atoms with E-state index in [9.17, 15) is 19.5 Å². The van der Waals surface area contributed by atoms with Crippen LogP contribution in [0.15, 0.2) is 103 Å². The average Bonchev–Trinajstić information content (AvgIpc) is 3.41. The molecule has 4 aromatic rings. The van der Waals surface area contributed by atoms with Gasteiger partial charge >= 0.3 is 5.97 Å². The number of carbonyl (C=O) groups excluding carboxylic acids is 2. The summed E-state index contributed by atoms with van der Waals surface area (Å²) >= 11 is 0. The summed E-state index contributed by atoms with van der Waals surface area (Å²) in [5.41, 5.74) is 5.71. The average molecular weight is 547 g/mol. The third kappa shape index (κ3) is 6.38. The number of amides is 2. The van der Waals surface area contributed by atoms with Gasteiger partial charge in [-0.3, -0.25) is 14.4 Å². The van der Waals surface area contributed by atoms with Crippen LogP contribution in [0.4, 0.5) is 0 Å². The van der Waals surface area contributed by atoms with E-state index in [0.29, 0.717) is 28.8 Å². The van der Waals surface area contributed by atoms with E-state index in [4.69, 9.17) is 0 Å². The maximum Gasteiger partial charge on any atom is 0.305 e. The highest BCUT2D eigenvalue weighted by Gasteiger charge is 2.27. The summed E-state index contributed by atoms with van der Waals surface area (Å²) in [5, 5.41) is 12.6. The molecule has 0 saturated carbocycles. The number of hydrogen-bond donors (Lipinski definition) is 2. The molecule has 1 aliphatic rings. The first-order valence-corrected chi connectivity index (χ1v) is 14.1. The third-order valence-corrected chi connectivity index (χ3v) is 7.80. The molecule has 2 N–H and O–H groups in total. The summed E-state index contributed by atoms with van der Waals surface area (Å²) < 4.78 is 0. The van der Waals surface area contributed by atoms with Gasteiger partial charge in [0.15, 0.2) is 0 Å². The molecule has 0 saturated heterocycles. The van der Waals surface area contributed by atoms with Gasteiger partial charge in [0.1, 0.15) is 0 Å². The van der Waals surface area contributed by atoms with Gasteiger partial charge in [-0.05, 0) is 58.7 Å². The number of carboxylic acids is 1. The summed E-state index contributed by atoms with van der Waals surface area (Å²) in [4.78, 5) is 40.8. The number of nitrogens with zero attached hydrogens (tertiary/aromatic N) is 1. The second kappa shape index (κ2) is 12.6. The zero-order valence-corrected chi connectivity index (χ0v) is 23.1. The van der Waals surface area contributed by atoms with Crippen molar-refractivity contribution in [2.45, 2.75) is 38.1 Å². The lowest BCUT2D eigenvalue weighted by Crippen LogP contribution is -2.36. The van der Waals surface area contributed by atoms with Crippen molar-refractivity contribution < 1.29 is 19.5 Å². The topological polar surface area (TPSA) is 86.7 Å². The molecule has 4 aromatic carbocycles. The van der Waals surface area contributed by atoms with Crippen molar-refractivity contribution in [1.29, 1.82) is 0 Å². The van der Waals surface area contributed by atoms with Crippen molar-refractivity contribution in [3.05, 3.63) is 131 Å². The second-order valence-electron chi connectivity index (χ2n) is 10.6. The maximum absolute atomic E-state index is 14.0. The normalized spacial score (nSPS) is 14.6. The Morgan fingerprint density at radius 3 is 2.17 bits per heavy atom. The summed E-state index contributed by atoms with van der Waals surface area (Å²) in [5.74, 6) is -1.40. The first kappa shape index (κ1) is 27.8. The van der Waals surface area contributed by atoms with Gasteiger partial charge in [-0.15, -0.1) is 0 Å². The highest BCUT2D eigenvalue weighted by atomic mass is 16.4. The Morgan fingerprint density at radius 2 is 1.44 bits per heavy atom. The van der Waals surface area contributed by atoms with Crippen LogP contribution in [0.5, 0.6) is 0 Å². The number of fused-ring (bicyclic) bond motifs is 1. The minimum absolute atomic E-state index is 0.00783. The van der Waals surface area contributed by atoms with Crippen molar-refractivity contribution >= 4 is 17.8 Å². The molecule has 2 amide bonds. The highest BCUT2D eigenvalue weighted by Crippen LogP contribution is 2.33. The van der Waals surface area contributed by atoms with Crippen LogP contribution in [0.2, 0.25) is 0 Å². The van der Waals surface area contributed by atoms with Crippen LogP contribution < -0.4 is 5.32 Å². The molecule has 208 valence electrons. The van der Waals surface area contributed by atoms with Crippen LogP contribution in [0, 0.1) is 0 Å². The van der Waals surface area contributed by atoms with Gasteiger partial charge in [0, 0.05) is 24.2 Å². The van der Waals surface area contributed by atoms with Crippen LogP contribution in [-0.2, 0) is 11.2 Å². The number of carboxylic acid groups (broad SMARTS) is 1. The molecule has 0 bridgehead atoms. The fourth-order valence-electron chi connectivity index (χ4n) is 5.66. The second-order valence-corrected chi connectivity index (χ2v) is 10.6. The number of carbonyl (C=O) groups is 3. The largest absolute Gasteiger partial charge is 0.481 e. The quantitative estimate of drug-likeness (QED) is 0.238. The van der Waals surface area contributed by atoms with Crippen molar-refractivity contribution in [2.24, 2.45) is 0 Å². The smallest absolute Gasteiger partial charge is 0.305 e. The summed E-state index contributed by atoms with van der Waals surface area (Å²) in [6.07, 6.45) is 1.62. The Bertz CT molecular complexity index is 1550. The third-order valence-electron chi connectivity index (χ3n) is 7.80. The lowest BCUT2D eigenvalue weighted by Gasteiger charge is -2.27. The summed E-state index contributed by atoms with van der Waals surface area (Å²) in [6, 6.07) is 32.6. The van der Waals surface area contributed by atoms with Crippen molar-refractivity contribution in [1.82, 2.24) is 10.2 Å². The molecule has 6 nitrogen and oxygen atoms in total. The first-order valence-electron chi connectivity index (χ1n) is 14.1. The van der Waals surface area contributed by atoms with Crippen molar-refractivity contribution in [2.75, 3.05) is 13.1 Å². The lowest BCUT2D eigenvalue weighted by atomic mass is 9.93. The molecular weight excluding hydrogens is 512 g/mol. The van der Waals surface area contributed by atoms with Gasteiger partial charge in [-0.25, -0.2) is 0 Å². The zero-order chi connectivity index (χ0) is 28.8. The predicted octanol–water partition coefficient (Wildman–Crippen LogP) is 6.49. The lowest BCUT2D eigenvalue weighted by molar-refractivity contribution is -0.137. The van der Waals surface area contributed by atoms with E-state index in [-0.39, 0.29) is 36.7 Å². The van der Waals surface area contributed by atoms with Crippen LogP contribution in [0.3, 0.4) is 0 Å². The molecule has 0 heterocycles. The maximum atomic E-state index is 14.0. The number of hydrogen-bond acceptors (Lipinski definition) is 3. The van der Waals surface area contributed by atoms with E-state index < -0.39 is 5.97 Å². The van der Waals surface area contributed by atoms with Gasteiger partial charge in [0.25, 0.3) is 11.8 Å². The van der Waals surface area contributed by atoms with Gasteiger partial charge < -0.3 is 15.3 Å². The van der Waals surface area contributed by atoms with Crippen LogP contribution in [-0.4, -0.2) is 40.9 Å². The van der Waals surface area contributed by atoms with Gasteiger partial charge in [0.2, 0.25) is 0 Å². The molecule has 0 aliphatic heterocycles. The van der Waals surface area contributed by atoms with E-state index in [1.807, 2.05) is 79.7 Å². The van der Waals surface area contributed by atoms with E-state index in [2.05, 4.69) is 17.4 Å². The number of benzene rings is 4. The Kier molecular flexibility index (Phi) is 8.59. The molecule has 41 heavy (non-hydrogen) atoms. The Morgan fingerprint density at radius 1 is 0.829 bits per heavy atom. The van der Waals surface area contributed by atoms with Gasteiger partial charge in [-0.2, -0.15) is 0 Å². The SMILES string of the molecule is CC(CN(CCC(=O)O)C(=O)c1ccccc1-c1ccccc1C(=O)NC1CCc2ccccc21)c1ccccc1. The molecule has 5 rings (SSSR count). The Hall–Kier alpha value is -4.71. The molecule has 0 spiro atoms. The fourth-order valence-corrected chi connectivity index (χ4v) is 5.66. The van der Waals surface area contributed by atoms with E-state index in [1.165, 1.54) is 5.56 Å². The molecule has 0 aromatic heterocycles. The van der Waals surface area contributed by atoms with Crippen LogP contribution in [0.25, 0.3) is 11.1 Å². The molecular formula is C35H34N2O4. The van der Waals surface area contributed by atoms with Crippen LogP contribution >= 0.6 is 0 Å². The van der Waals surface area contributed by atoms with E-state index in [1.54, 1.807) is 23.1 Å². The monoisotopic (exact) mass is 546 g/mol. The molecule has 2 unspecified atom stereocenters. The standard InChI is InChI=1S/C35H34N2O4/c1-24(25-11-3-2-4-12-25)23-37(22-21-33(38)39)35(41)31-18-10-8-16-29(31)28-15-7-9-17-30(28)34(40)36-32-20-19-26-13-5-6-14-27(26)32/h2-18,24,32H,19-23H2,1H3,(H,36,40)(H,38,39). The van der Waals surface area contributed by atoms with E-state index in [0.717, 1.165) is 24.0 Å². The zero-order valence-electron chi connectivity index (χ0n) is 23.1. The molecule has 6 heteroatoms. The van der Waals surface area contributed by atoms with Crippen molar-refractivity contribution in [3.8, 4) is 11.1 Å². The molecule has 0 radical (unpaired) electrons. The Balaban J connectivity index is 1.44. The van der Waals surface area contributed by atoms with Gasteiger partial charge in [0.05, 0.1) is 12.5 Å². The Labute approximate surface area is 240 Å². The summed E-state index contributed by atoms with van der Waals surface area (Å²) in [6.45, 7) is 2.49. The summed E-state index contributed by atoms with van der Waals surface area (Å²) in [7, 11) is 0. The predicted molar refractivity (Wildman–Crippen MR) is 160 cm³/mol. The molecule has 0 fully saturated rings. The van der Waals surface area contributed by atoms with Crippen LogP contribution in [0.1, 0.15) is 69.1 Å². The highest BCUT2D eigenvalue weighted by molar-refractivity contribution is 6.06. The number of rotatable bonds is 10. The number of aliphatic carboxylic acids is 1. The molecule has 2 atom stereocenters. The fraction of sp³-hybridized carbons (Fsp3) is 0.229. The number of aryl methyl sites for hydroxylation is 1. The number of nitrogens with one attached hydrogen (secondary N) is 1. The molecule has 1 aliphatic carbocycles.